The zero-order valence-electron chi connectivity index (χ0n) is 84.1. The maximum absolute atomic E-state index is 13.2. The molecule has 4 aliphatic carbocycles. The van der Waals surface area contributed by atoms with Crippen molar-refractivity contribution in [3.63, 3.8) is 0 Å². The van der Waals surface area contributed by atoms with Crippen molar-refractivity contribution >= 4 is 0 Å². The van der Waals surface area contributed by atoms with Gasteiger partial charge in [-0.15, -0.1) is 0 Å². The molecule has 35 heteroatoms. The van der Waals surface area contributed by atoms with Crippen LogP contribution >= 0.6 is 0 Å². The Balaban J connectivity index is 0.000000156. The van der Waals surface area contributed by atoms with E-state index in [4.69, 9.17) is 56.8 Å². The molecule has 0 spiro atoms. The first-order valence-electron chi connectivity index (χ1n) is 50.8. The first kappa shape index (κ1) is 111. The first-order valence-corrected chi connectivity index (χ1v) is 50.8. The van der Waals surface area contributed by atoms with E-state index in [0.29, 0.717) is 70.6 Å². The SMILES string of the molecule is CC[C@@H]1[C@H](O)[C@H](NC)[C@H]2O[C@]3(O)[C@H](O[C@@H]2[C@H]1O)O[C@H](C)C[C@@]3(O)CCCc1ccc(C(C)C)cc1.CC[C@@H]1[C@H](O)[C@H](NC)[C@H]2O[C@]3(O)[C@H](O[C@@H]2[C@H]1O)O[C@H](C)C[C@@]3(O)CCCc1ccc(C)cc1.CC[C@@H]1[C@H](O)[C@H](NC)[C@H]2O[C@]3(O)[C@H](O[C@@H]2[C@H]1O)O[C@H](C)C[C@@]3(O)CCCc1ccc(C)cc1C.CC[C@@H]1[C@H](O)[C@H](NC)[C@H]2O[C@]3(O)[C@H](O[C@@H]2[C@H]1O)O[C@H](C)C[C@@]3(O)CCCc1cccc(OC(C)(F)F)c1. The van der Waals surface area contributed by atoms with Gasteiger partial charge in [0.05, 0.1) is 97.4 Å². The maximum atomic E-state index is 13.2. The van der Waals surface area contributed by atoms with E-state index in [1.807, 2.05) is 55.4 Å². The molecule has 8 heterocycles. The lowest BCUT2D eigenvalue weighted by Gasteiger charge is -2.60. The van der Waals surface area contributed by atoms with Crippen LogP contribution in [0.5, 0.6) is 5.75 Å². The van der Waals surface area contributed by atoms with E-state index in [2.05, 4.69) is 120 Å². The standard InChI is InChI=1S/C27H43NO7.C26H39F2NO8.C26H41NO7.C25H39NO7/c1-6-19-21(29)20(28-5)23-24(22(19)30)34-25-27(32,35-23)26(31,14-16(4)33-25)13-7-8-17-9-11-18(12-10-17)15(2)3;1-5-17-19(30)18(29-4)21-22(20(17)31)35-23-26(33,37-21)25(32,13-14(2)34-23)11-7-9-15-8-6-10-16(12-15)36-24(3,27)28;1-6-18-20(28)19(27-5)22-23(21(18)29)33-24-26(31,34-22)25(30,13-16(4)32-24)11-7-8-17-10-9-14(2)12-15(17)3;1-5-17-19(27)18(26-4)21-22(20(17)28)32-23-25(30,33-21)24(29,13-15(3)31-23)12-6-7-16-10-8-14(2)9-11-16/h9-12,15-16,19-25,28-32H,6-8,13-14H2,1-5H3;6,8,10,12,14,17-23,29-33H,5,7,9,11,13H2,1-4H3;9-10,12,16,18-24,27-31H,6-8,11,13H2,1-5H3;8-11,15,17-23,26-30H,5-7,12-13H2,1-4H3/t16-,19-,20+,21+,22+,23-,24-,25+,26+,27-;14-,17-,18+,19+,20+,21-,22-,23+,25+,26-;16-,18-,19+,20+,21+,22-,23-,24+,25+,26-;15-,17-,18+,19+,20+,21-,22-,23+,24+,25-/m1111/s1. The molecule has 786 valence electrons. The third kappa shape index (κ3) is 22.5. The third-order valence-corrected chi connectivity index (χ3v) is 32.2. The Kier molecular flexibility index (Phi) is 36.2. The van der Waals surface area contributed by atoms with Crippen molar-refractivity contribution in [3.8, 4) is 5.75 Å². The van der Waals surface area contributed by atoms with Crippen LogP contribution in [0, 0.1) is 44.4 Å². The average molecular weight is 1970 g/mol. The summed E-state index contributed by atoms with van der Waals surface area (Å²) in [7, 11) is 6.74. The topological polar surface area (TPSA) is 492 Å². The van der Waals surface area contributed by atoms with Crippen LogP contribution in [0.25, 0.3) is 0 Å². The summed E-state index contributed by atoms with van der Waals surface area (Å²) in [6.07, 6.45) is -15.8. The van der Waals surface area contributed by atoms with Gasteiger partial charge in [-0.3, -0.25) is 0 Å². The smallest absolute Gasteiger partial charge is 0.394 e. The molecule has 12 fully saturated rings. The Labute approximate surface area is 816 Å². The summed E-state index contributed by atoms with van der Waals surface area (Å²) in [5, 5.41) is 193. The number of halogens is 2. The normalized spacial score (nSPS) is 43.8. The molecule has 16 rings (SSSR count). The first-order chi connectivity index (χ1) is 65.5. The summed E-state index contributed by atoms with van der Waals surface area (Å²) in [4.78, 5) is 0. The van der Waals surface area contributed by atoms with E-state index in [1.54, 1.807) is 47.2 Å². The van der Waals surface area contributed by atoms with E-state index in [-0.39, 0.29) is 75.4 Å². The van der Waals surface area contributed by atoms with E-state index in [1.165, 1.54) is 45.5 Å². The van der Waals surface area contributed by atoms with Gasteiger partial charge >= 0.3 is 6.11 Å². The molecule has 8 aliphatic heterocycles. The number of rotatable bonds is 27. The van der Waals surface area contributed by atoms with E-state index in [9.17, 15) is 90.5 Å². The number of hydrogen-bond donors (Lipinski definition) is 20. The minimum absolute atomic E-state index is 0.0371. The van der Waals surface area contributed by atoms with E-state index < -0.39 is 228 Å². The number of nitrogens with one attached hydrogen (secondary N) is 4. The van der Waals surface area contributed by atoms with Crippen LogP contribution in [-0.2, 0) is 82.5 Å². The Hall–Kier alpha value is -4.74. The predicted molar refractivity (Wildman–Crippen MR) is 506 cm³/mol. The lowest BCUT2D eigenvalue weighted by Crippen LogP contribution is -2.78. The second-order valence-electron chi connectivity index (χ2n) is 42.3. The molecule has 12 aliphatic rings. The lowest BCUT2D eigenvalue weighted by atomic mass is 9.73. The number of aryl methyl sites for hydroxylation is 7. The van der Waals surface area contributed by atoms with Gasteiger partial charge in [0.25, 0.3) is 0 Å². The molecule has 33 nitrogen and oxygen atoms in total. The van der Waals surface area contributed by atoms with Crippen molar-refractivity contribution in [1.29, 1.82) is 0 Å². The molecule has 139 heavy (non-hydrogen) atoms. The van der Waals surface area contributed by atoms with Gasteiger partial charge in [-0.1, -0.05) is 132 Å². The Morgan fingerprint density at radius 2 is 0.655 bits per heavy atom. The summed E-state index contributed by atoms with van der Waals surface area (Å²) < 4.78 is 104. The highest BCUT2D eigenvalue weighted by atomic mass is 19.3. The predicted octanol–water partition coefficient (Wildman–Crippen LogP) is 5.83. The van der Waals surface area contributed by atoms with Crippen LogP contribution in [0.4, 0.5) is 8.78 Å². The summed E-state index contributed by atoms with van der Waals surface area (Å²) in [5.41, 5.74) is 2.53. The second-order valence-corrected chi connectivity index (χ2v) is 42.3. The maximum Gasteiger partial charge on any atom is 0.394 e. The van der Waals surface area contributed by atoms with Crippen molar-refractivity contribution in [2.24, 2.45) is 23.7 Å². The summed E-state index contributed by atoms with van der Waals surface area (Å²) in [5.74, 6) is -9.84. The molecule has 0 bridgehead atoms. The number of aliphatic hydroxyl groups is 16. The molecule has 40 atom stereocenters. The number of alkyl halides is 2. The van der Waals surface area contributed by atoms with Gasteiger partial charge in [-0.25, -0.2) is 0 Å². The number of likely N-dealkylation sites (N-methyl/N-ethyl adjacent to an activating group) is 4. The minimum Gasteiger partial charge on any atom is -0.433 e. The average Bonchev–Trinajstić information content (AvgIpc) is 0.725. The van der Waals surface area contributed by atoms with Gasteiger partial charge in [-0.2, -0.15) is 8.78 Å². The van der Waals surface area contributed by atoms with Gasteiger partial charge in [0.15, 0.2) is 0 Å². The second kappa shape index (κ2) is 45.1. The summed E-state index contributed by atoms with van der Waals surface area (Å²) in [6.45, 7) is 26.0. The van der Waals surface area contributed by atoms with Gasteiger partial charge in [0.2, 0.25) is 48.3 Å². The molecule has 0 radical (unpaired) electrons. The van der Waals surface area contributed by atoms with Crippen LogP contribution < -0.4 is 26.0 Å². The lowest BCUT2D eigenvalue weighted by molar-refractivity contribution is -0.485. The highest BCUT2D eigenvalue weighted by molar-refractivity contribution is 5.32. The molecule has 20 N–H and O–H groups in total. The molecule has 8 saturated heterocycles. The quantitative estimate of drug-likeness (QED) is 0.0334. The molecule has 0 unspecified atom stereocenters. The Morgan fingerprint density at radius 3 is 0.935 bits per heavy atom. The fourth-order valence-corrected chi connectivity index (χ4v) is 24.4. The molecule has 4 aromatic rings. The molecule has 4 saturated carbocycles. The zero-order chi connectivity index (χ0) is 102. The van der Waals surface area contributed by atoms with Gasteiger partial charge < -0.3 is 165 Å². The fourth-order valence-electron chi connectivity index (χ4n) is 24.4. The van der Waals surface area contributed by atoms with Gasteiger partial charge in [0.1, 0.15) is 77.0 Å². The highest BCUT2D eigenvalue weighted by Gasteiger charge is 2.74. The summed E-state index contributed by atoms with van der Waals surface area (Å²) >= 11 is 0. The number of hydrogen-bond acceptors (Lipinski definition) is 33. The molecule has 4 aromatic carbocycles. The van der Waals surface area contributed by atoms with Gasteiger partial charge in [0, 0.05) is 56.3 Å². The zero-order valence-corrected chi connectivity index (χ0v) is 84.1. The Bertz CT molecular complexity index is 4580. The van der Waals surface area contributed by atoms with Crippen molar-refractivity contribution in [3.05, 3.63) is 136 Å². The van der Waals surface area contributed by atoms with Crippen LogP contribution in [0.3, 0.4) is 0 Å². The molecular weight excluding hydrogens is 1810 g/mol. The number of fused-ring (bicyclic) bond motifs is 8. The van der Waals surface area contributed by atoms with Crippen LogP contribution in [0.1, 0.15) is 229 Å². The van der Waals surface area contributed by atoms with Crippen molar-refractivity contribution in [2.75, 3.05) is 28.2 Å². The van der Waals surface area contributed by atoms with Crippen molar-refractivity contribution < 1.29 is 152 Å². The minimum atomic E-state index is -3.30. The van der Waals surface area contributed by atoms with Crippen LogP contribution in [-0.4, -0.2) is 333 Å². The number of ether oxygens (including phenoxy) is 13. The number of benzene rings is 4. The Morgan fingerprint density at radius 1 is 0.367 bits per heavy atom. The van der Waals surface area contributed by atoms with Crippen molar-refractivity contribution in [2.45, 2.75) is 454 Å². The van der Waals surface area contributed by atoms with Crippen LogP contribution in [0.2, 0.25) is 0 Å². The van der Waals surface area contributed by atoms with E-state index >= 15 is 0 Å². The molecule has 0 aromatic heterocycles. The van der Waals surface area contributed by atoms with Crippen LogP contribution in [0.15, 0.2) is 91.0 Å². The third-order valence-electron chi connectivity index (χ3n) is 32.2. The molecular formula is C104H162F2N4O29. The fraction of sp³-hybridized carbons (Fsp3) is 0.769. The number of aliphatic hydroxyl groups excluding tert-OH is 8. The monoisotopic (exact) mass is 1970 g/mol. The highest BCUT2D eigenvalue weighted by Crippen LogP contribution is 2.56. The molecule has 0 amide bonds. The summed E-state index contributed by atoms with van der Waals surface area (Å²) in [6, 6.07) is 27.0. The van der Waals surface area contributed by atoms with Gasteiger partial charge in [-0.05, 0) is 231 Å². The largest absolute Gasteiger partial charge is 0.433 e. The van der Waals surface area contributed by atoms with E-state index in [0.717, 1.165) is 30.4 Å². The van der Waals surface area contributed by atoms with Crippen molar-refractivity contribution in [1.82, 2.24) is 21.3 Å².